The van der Waals surface area contributed by atoms with Crippen molar-refractivity contribution in [3.63, 3.8) is 0 Å². The zero-order valence-corrected chi connectivity index (χ0v) is 10.6. The Morgan fingerprint density at radius 3 is 2.27 bits per heavy atom. The highest BCUT2D eigenvalue weighted by molar-refractivity contribution is 5.77. The number of aliphatic imine (C=N–C) groups is 1. The van der Waals surface area contributed by atoms with Crippen molar-refractivity contribution in [1.29, 1.82) is 0 Å². The van der Waals surface area contributed by atoms with Crippen molar-refractivity contribution in [3.05, 3.63) is 0 Å². The van der Waals surface area contributed by atoms with Gasteiger partial charge in [-0.2, -0.15) is 0 Å². The van der Waals surface area contributed by atoms with Crippen LogP contribution in [-0.4, -0.2) is 44.2 Å². The smallest absolute Gasteiger partial charge is 0.191 e. The number of hydrogen-bond donors (Lipinski definition) is 1. The van der Waals surface area contributed by atoms with E-state index in [1.807, 2.05) is 19.0 Å². The third-order valence-electron chi connectivity index (χ3n) is 3.45. The third-order valence-corrected chi connectivity index (χ3v) is 3.45. The van der Waals surface area contributed by atoms with Gasteiger partial charge in [0.15, 0.2) is 5.96 Å². The Morgan fingerprint density at radius 2 is 1.93 bits per heavy atom. The van der Waals surface area contributed by atoms with Gasteiger partial charge in [0.05, 0.1) is 12.1 Å². The summed E-state index contributed by atoms with van der Waals surface area (Å²) in [6.45, 7) is 6.52. The van der Waals surface area contributed by atoms with Gasteiger partial charge in [-0.1, -0.05) is 20.8 Å². The highest BCUT2D eigenvalue weighted by atomic mass is 16.5. The molecule has 0 spiro atoms. The van der Waals surface area contributed by atoms with Crippen LogP contribution in [0.25, 0.3) is 0 Å². The Kier molecular flexibility index (Phi) is 3.28. The zero-order valence-electron chi connectivity index (χ0n) is 10.6. The topological polar surface area (TPSA) is 50.9 Å². The molecule has 2 N–H and O–H groups in total. The number of methoxy groups -OCH3 is 1. The maximum atomic E-state index is 5.83. The summed E-state index contributed by atoms with van der Waals surface area (Å²) in [4.78, 5) is 6.39. The Balaban J connectivity index is 2.78. The molecule has 4 nitrogen and oxygen atoms in total. The van der Waals surface area contributed by atoms with Gasteiger partial charge in [0.2, 0.25) is 0 Å². The van der Waals surface area contributed by atoms with Gasteiger partial charge >= 0.3 is 0 Å². The van der Waals surface area contributed by atoms with Crippen LogP contribution in [0.5, 0.6) is 0 Å². The molecule has 3 atom stereocenters. The van der Waals surface area contributed by atoms with Crippen LogP contribution >= 0.6 is 0 Å². The molecular weight excluding hydrogens is 190 g/mol. The van der Waals surface area contributed by atoms with Crippen molar-refractivity contribution in [3.8, 4) is 0 Å². The first-order valence-corrected chi connectivity index (χ1v) is 5.35. The van der Waals surface area contributed by atoms with Crippen molar-refractivity contribution in [2.75, 3.05) is 21.2 Å². The van der Waals surface area contributed by atoms with Crippen LogP contribution in [0, 0.1) is 11.3 Å². The van der Waals surface area contributed by atoms with Crippen LogP contribution < -0.4 is 5.73 Å². The molecule has 0 aromatic rings. The van der Waals surface area contributed by atoms with Gasteiger partial charge in [-0.05, 0) is 0 Å². The predicted molar refractivity (Wildman–Crippen MR) is 62.8 cm³/mol. The Bertz CT molecular complexity index is 261. The van der Waals surface area contributed by atoms with E-state index < -0.39 is 0 Å². The highest BCUT2D eigenvalue weighted by Crippen LogP contribution is 2.48. The van der Waals surface area contributed by atoms with Gasteiger partial charge < -0.3 is 15.4 Å². The SMILES string of the molecule is COC1C(C)C(N=C(N)N(C)C)C1(C)C. The monoisotopic (exact) mass is 213 g/mol. The van der Waals surface area contributed by atoms with Crippen LogP contribution in [0.4, 0.5) is 0 Å². The predicted octanol–water partition coefficient (Wildman–Crippen LogP) is 0.922. The summed E-state index contributed by atoms with van der Waals surface area (Å²) >= 11 is 0. The van der Waals surface area contributed by atoms with Crippen LogP contribution in [-0.2, 0) is 4.74 Å². The van der Waals surface area contributed by atoms with Gasteiger partial charge in [0.1, 0.15) is 0 Å². The van der Waals surface area contributed by atoms with Crippen molar-refractivity contribution in [1.82, 2.24) is 4.90 Å². The van der Waals surface area contributed by atoms with Gasteiger partial charge in [0, 0.05) is 32.5 Å². The van der Waals surface area contributed by atoms with Gasteiger partial charge in [-0.25, -0.2) is 4.99 Å². The maximum Gasteiger partial charge on any atom is 0.191 e. The molecular formula is C11H23N3O. The molecule has 1 rings (SSSR count). The van der Waals surface area contributed by atoms with Gasteiger partial charge in [-0.15, -0.1) is 0 Å². The van der Waals surface area contributed by atoms with E-state index in [-0.39, 0.29) is 17.6 Å². The first-order valence-electron chi connectivity index (χ1n) is 5.35. The average Bonchev–Trinajstić information content (AvgIpc) is 2.13. The molecule has 0 radical (unpaired) electrons. The molecule has 3 unspecified atom stereocenters. The van der Waals surface area contributed by atoms with E-state index in [4.69, 9.17) is 10.5 Å². The summed E-state index contributed by atoms with van der Waals surface area (Å²) in [5, 5.41) is 0. The van der Waals surface area contributed by atoms with Crippen LogP contribution in [0.15, 0.2) is 4.99 Å². The molecule has 1 aliphatic rings. The fraction of sp³-hybridized carbons (Fsp3) is 0.909. The normalized spacial score (nSPS) is 34.8. The first-order chi connectivity index (χ1) is 6.82. The van der Waals surface area contributed by atoms with E-state index in [9.17, 15) is 0 Å². The number of rotatable bonds is 2. The fourth-order valence-electron chi connectivity index (χ4n) is 2.63. The van der Waals surface area contributed by atoms with Crippen LogP contribution in [0.1, 0.15) is 20.8 Å². The summed E-state index contributed by atoms with van der Waals surface area (Å²) in [7, 11) is 5.57. The minimum atomic E-state index is 0.0782. The average molecular weight is 213 g/mol. The number of nitrogens with two attached hydrogens (primary N) is 1. The number of nitrogens with zero attached hydrogens (tertiary/aromatic N) is 2. The van der Waals surface area contributed by atoms with E-state index in [1.54, 1.807) is 7.11 Å². The molecule has 0 aromatic heterocycles. The van der Waals surface area contributed by atoms with E-state index in [0.717, 1.165) is 0 Å². The highest BCUT2D eigenvalue weighted by Gasteiger charge is 2.54. The molecule has 0 aliphatic heterocycles. The Labute approximate surface area is 92.5 Å². The van der Waals surface area contributed by atoms with Crippen molar-refractivity contribution >= 4 is 5.96 Å². The lowest BCUT2D eigenvalue weighted by molar-refractivity contribution is -0.132. The summed E-state index contributed by atoms with van der Waals surface area (Å²) < 4.78 is 5.46. The van der Waals surface area contributed by atoms with Crippen LogP contribution in [0.3, 0.4) is 0 Å². The summed E-state index contributed by atoms with van der Waals surface area (Å²) in [6.07, 6.45) is 0.279. The van der Waals surface area contributed by atoms with Crippen molar-refractivity contribution in [2.45, 2.75) is 32.9 Å². The van der Waals surface area contributed by atoms with Crippen LogP contribution in [0.2, 0.25) is 0 Å². The Hall–Kier alpha value is -0.770. The molecule has 0 aromatic carbocycles. The second-order valence-corrected chi connectivity index (χ2v) is 5.16. The largest absolute Gasteiger partial charge is 0.380 e. The standard InChI is InChI=1S/C11H23N3O/c1-7-8(13-10(12)14(4)5)11(2,3)9(7)15-6/h7-9H,1-6H3,(H2,12,13). The zero-order chi connectivity index (χ0) is 11.8. The first kappa shape index (κ1) is 12.3. The second-order valence-electron chi connectivity index (χ2n) is 5.16. The van der Waals surface area contributed by atoms with Crippen molar-refractivity contribution < 1.29 is 4.74 Å². The molecule has 0 saturated heterocycles. The van der Waals surface area contributed by atoms with Crippen molar-refractivity contribution in [2.24, 2.45) is 22.1 Å². The van der Waals surface area contributed by atoms with Gasteiger partial charge in [0.25, 0.3) is 0 Å². The summed E-state index contributed by atoms with van der Waals surface area (Å²) in [6, 6.07) is 0.254. The van der Waals surface area contributed by atoms with E-state index >= 15 is 0 Å². The minimum Gasteiger partial charge on any atom is -0.380 e. The summed E-state index contributed by atoms with van der Waals surface area (Å²) in [5.74, 6) is 1.03. The molecule has 1 aliphatic carbocycles. The quantitative estimate of drug-likeness (QED) is 0.548. The number of ether oxygens (including phenoxy) is 1. The molecule has 88 valence electrons. The molecule has 15 heavy (non-hydrogen) atoms. The van der Waals surface area contributed by atoms with E-state index in [2.05, 4.69) is 25.8 Å². The molecule has 0 bridgehead atoms. The number of hydrogen-bond acceptors (Lipinski definition) is 2. The lowest BCUT2D eigenvalue weighted by atomic mass is 9.58. The molecule has 1 saturated carbocycles. The summed E-state index contributed by atoms with van der Waals surface area (Å²) in [5.41, 5.74) is 5.91. The molecule has 0 amide bonds. The molecule has 0 heterocycles. The van der Waals surface area contributed by atoms with E-state index in [0.29, 0.717) is 11.9 Å². The minimum absolute atomic E-state index is 0.0782. The second kappa shape index (κ2) is 4.00. The maximum absolute atomic E-state index is 5.83. The lowest BCUT2D eigenvalue weighted by Crippen LogP contribution is -2.61. The Morgan fingerprint density at radius 1 is 1.40 bits per heavy atom. The molecule has 1 fully saturated rings. The van der Waals surface area contributed by atoms with Gasteiger partial charge in [-0.3, -0.25) is 0 Å². The number of guanidine groups is 1. The third kappa shape index (κ3) is 1.95. The lowest BCUT2D eigenvalue weighted by Gasteiger charge is -2.54. The van der Waals surface area contributed by atoms with E-state index in [1.165, 1.54) is 0 Å². The fourth-order valence-corrected chi connectivity index (χ4v) is 2.63. The molecule has 4 heteroatoms.